The molecule has 0 radical (unpaired) electrons. The zero-order valence-electron chi connectivity index (χ0n) is 9.36. The minimum Gasteiger partial charge on any atom is -0.171 e. The van der Waals surface area contributed by atoms with Crippen LogP contribution < -0.4 is 0 Å². The molecule has 0 saturated heterocycles. The molecule has 1 aliphatic rings. The van der Waals surface area contributed by atoms with E-state index in [2.05, 4.69) is 0 Å². The third kappa shape index (κ3) is 2.62. The van der Waals surface area contributed by atoms with Crippen molar-refractivity contribution in [1.82, 2.24) is 0 Å². The van der Waals surface area contributed by atoms with E-state index in [9.17, 15) is 26.3 Å². The van der Waals surface area contributed by atoms with Gasteiger partial charge < -0.3 is 0 Å². The van der Waals surface area contributed by atoms with E-state index in [0.717, 1.165) is 12.1 Å². The Balaban J connectivity index is 2.29. The van der Waals surface area contributed by atoms with E-state index in [-0.39, 0.29) is 12.0 Å². The van der Waals surface area contributed by atoms with Crippen LogP contribution in [-0.2, 0) is 6.18 Å². The van der Waals surface area contributed by atoms with Crippen LogP contribution in [0.3, 0.4) is 0 Å². The molecule has 1 aromatic rings. The van der Waals surface area contributed by atoms with Crippen molar-refractivity contribution in [3.8, 4) is 0 Å². The molecule has 0 amide bonds. The van der Waals surface area contributed by atoms with E-state index in [1.165, 1.54) is 13.0 Å². The largest absolute Gasteiger partial charge is 0.416 e. The lowest BCUT2D eigenvalue weighted by atomic mass is 10.0. The maximum atomic E-state index is 12.5. The highest BCUT2D eigenvalue weighted by Gasteiger charge is 2.56. The molecule has 1 aromatic carbocycles. The van der Waals surface area contributed by atoms with E-state index in [1.807, 2.05) is 0 Å². The Hall–Kier alpha value is -1.20. The molecule has 1 aliphatic carbocycles. The molecule has 18 heavy (non-hydrogen) atoms. The van der Waals surface area contributed by atoms with Gasteiger partial charge >= 0.3 is 12.4 Å². The number of rotatable bonds is 1. The Morgan fingerprint density at radius 2 is 1.61 bits per heavy atom. The Labute approximate surface area is 99.6 Å². The van der Waals surface area contributed by atoms with Crippen molar-refractivity contribution in [3.63, 3.8) is 0 Å². The molecule has 6 heteroatoms. The molecule has 2 unspecified atom stereocenters. The van der Waals surface area contributed by atoms with Gasteiger partial charge in [0.2, 0.25) is 0 Å². The van der Waals surface area contributed by atoms with Crippen LogP contribution in [0, 0.1) is 12.8 Å². The Kier molecular flexibility index (Phi) is 2.87. The van der Waals surface area contributed by atoms with Gasteiger partial charge in [-0.15, -0.1) is 0 Å². The van der Waals surface area contributed by atoms with Crippen LogP contribution in [0.5, 0.6) is 0 Å². The molecular formula is C12H10F6. The van der Waals surface area contributed by atoms with Crippen molar-refractivity contribution in [1.29, 1.82) is 0 Å². The molecule has 0 aliphatic heterocycles. The zero-order valence-corrected chi connectivity index (χ0v) is 9.36. The highest BCUT2D eigenvalue weighted by atomic mass is 19.4. The summed E-state index contributed by atoms with van der Waals surface area (Å²) in [5.41, 5.74) is -0.428. The number of benzene rings is 1. The summed E-state index contributed by atoms with van der Waals surface area (Å²) in [7, 11) is 0. The van der Waals surface area contributed by atoms with Crippen LogP contribution in [0.2, 0.25) is 0 Å². The van der Waals surface area contributed by atoms with Crippen molar-refractivity contribution >= 4 is 0 Å². The van der Waals surface area contributed by atoms with Gasteiger partial charge in [-0.25, -0.2) is 0 Å². The fourth-order valence-electron chi connectivity index (χ4n) is 2.12. The lowest BCUT2D eigenvalue weighted by Crippen LogP contribution is -2.12. The average molecular weight is 268 g/mol. The summed E-state index contributed by atoms with van der Waals surface area (Å²) in [6.07, 6.45) is -8.97. The van der Waals surface area contributed by atoms with Gasteiger partial charge in [0.1, 0.15) is 0 Å². The molecule has 2 rings (SSSR count). The smallest absolute Gasteiger partial charge is 0.171 e. The second kappa shape index (κ2) is 3.90. The third-order valence-corrected chi connectivity index (χ3v) is 3.07. The average Bonchev–Trinajstić information content (AvgIpc) is 2.93. The predicted octanol–water partition coefficient (Wildman–Crippen LogP) is 4.68. The van der Waals surface area contributed by atoms with Gasteiger partial charge in [0.15, 0.2) is 0 Å². The first-order valence-electron chi connectivity index (χ1n) is 5.34. The molecule has 100 valence electrons. The summed E-state index contributed by atoms with van der Waals surface area (Å²) >= 11 is 0. The topological polar surface area (TPSA) is 0 Å². The minimum absolute atomic E-state index is 0.121. The highest BCUT2D eigenvalue weighted by molar-refractivity contribution is 5.36. The van der Waals surface area contributed by atoms with E-state index in [1.54, 1.807) is 0 Å². The van der Waals surface area contributed by atoms with E-state index >= 15 is 0 Å². The number of hydrogen-bond acceptors (Lipinski definition) is 0. The first kappa shape index (κ1) is 13.2. The van der Waals surface area contributed by atoms with Crippen LogP contribution >= 0.6 is 0 Å². The SMILES string of the molecule is Cc1cc(C2CC2C(F)(F)F)cc(C(F)(F)F)c1. The Morgan fingerprint density at radius 1 is 1.00 bits per heavy atom. The van der Waals surface area contributed by atoms with Gasteiger partial charge in [0.05, 0.1) is 11.5 Å². The standard InChI is InChI=1S/C12H10F6/c1-6-2-7(4-8(3-6)11(13,14)15)9-5-10(9)12(16,17)18/h2-4,9-10H,5H2,1H3. The molecule has 0 aromatic heterocycles. The second-order valence-electron chi connectivity index (χ2n) is 4.62. The Morgan fingerprint density at radius 3 is 2.06 bits per heavy atom. The summed E-state index contributed by atoms with van der Waals surface area (Å²) in [5, 5.41) is 0. The maximum Gasteiger partial charge on any atom is 0.416 e. The van der Waals surface area contributed by atoms with Crippen LogP contribution in [0.1, 0.15) is 29.0 Å². The lowest BCUT2D eigenvalue weighted by molar-refractivity contribution is -0.148. The monoisotopic (exact) mass is 268 g/mol. The molecular weight excluding hydrogens is 258 g/mol. The quantitative estimate of drug-likeness (QED) is 0.649. The van der Waals surface area contributed by atoms with Crippen molar-refractivity contribution in [2.75, 3.05) is 0 Å². The summed E-state index contributed by atoms with van der Waals surface area (Å²) in [6, 6.07) is 3.16. The van der Waals surface area contributed by atoms with Gasteiger partial charge in [-0.2, -0.15) is 26.3 Å². The van der Waals surface area contributed by atoms with Crippen LogP contribution in [0.15, 0.2) is 18.2 Å². The molecule has 0 spiro atoms. The van der Waals surface area contributed by atoms with E-state index in [4.69, 9.17) is 0 Å². The normalized spacial score (nSPS) is 24.2. The van der Waals surface area contributed by atoms with Gasteiger partial charge in [-0.05, 0) is 37.0 Å². The van der Waals surface area contributed by atoms with Crippen LogP contribution in [0.25, 0.3) is 0 Å². The van der Waals surface area contributed by atoms with Gasteiger partial charge in [0.25, 0.3) is 0 Å². The Bertz CT molecular complexity index is 457. The molecule has 0 nitrogen and oxygen atoms in total. The molecule has 1 saturated carbocycles. The first-order valence-corrected chi connectivity index (χ1v) is 5.34. The molecule has 1 fully saturated rings. The molecule has 0 bridgehead atoms. The van der Waals surface area contributed by atoms with Gasteiger partial charge in [-0.1, -0.05) is 11.6 Å². The van der Waals surface area contributed by atoms with E-state index in [0.29, 0.717) is 5.56 Å². The zero-order chi connectivity index (χ0) is 13.7. The van der Waals surface area contributed by atoms with E-state index < -0.39 is 29.8 Å². The highest BCUT2D eigenvalue weighted by Crippen LogP contribution is 2.56. The summed E-state index contributed by atoms with van der Waals surface area (Å²) < 4.78 is 74.8. The number of alkyl halides is 6. The number of halogens is 6. The molecule has 2 atom stereocenters. The maximum absolute atomic E-state index is 12.5. The summed E-state index contributed by atoms with van der Waals surface area (Å²) in [4.78, 5) is 0. The second-order valence-corrected chi connectivity index (χ2v) is 4.62. The van der Waals surface area contributed by atoms with Gasteiger partial charge in [-0.3, -0.25) is 0 Å². The summed E-state index contributed by atoms with van der Waals surface area (Å²) in [5.74, 6) is -2.33. The van der Waals surface area contributed by atoms with Crippen LogP contribution in [0.4, 0.5) is 26.3 Å². The van der Waals surface area contributed by atoms with Crippen molar-refractivity contribution < 1.29 is 26.3 Å². The number of aryl methyl sites for hydroxylation is 1. The fourth-order valence-corrected chi connectivity index (χ4v) is 2.12. The fraction of sp³-hybridized carbons (Fsp3) is 0.500. The summed E-state index contributed by atoms with van der Waals surface area (Å²) in [6.45, 7) is 1.45. The van der Waals surface area contributed by atoms with Crippen molar-refractivity contribution in [3.05, 3.63) is 34.9 Å². The van der Waals surface area contributed by atoms with Crippen LogP contribution in [-0.4, -0.2) is 6.18 Å². The molecule has 0 N–H and O–H groups in total. The third-order valence-electron chi connectivity index (χ3n) is 3.07. The first-order chi connectivity index (χ1) is 8.09. The lowest BCUT2D eigenvalue weighted by Gasteiger charge is -2.11. The molecule has 0 heterocycles. The van der Waals surface area contributed by atoms with Gasteiger partial charge in [0, 0.05) is 0 Å². The number of hydrogen-bond donors (Lipinski definition) is 0. The minimum atomic E-state index is -4.52. The van der Waals surface area contributed by atoms with Crippen molar-refractivity contribution in [2.45, 2.75) is 31.6 Å². The predicted molar refractivity (Wildman–Crippen MR) is 53.1 cm³/mol. The van der Waals surface area contributed by atoms with Crippen molar-refractivity contribution in [2.24, 2.45) is 5.92 Å².